The molecule has 1 N–H and O–H groups in total. The highest BCUT2D eigenvalue weighted by atomic mass is 79.9. The minimum atomic E-state index is 0.628. The summed E-state index contributed by atoms with van der Waals surface area (Å²) in [6.07, 6.45) is 0. The summed E-state index contributed by atoms with van der Waals surface area (Å²) in [6.45, 7) is 9.24. The van der Waals surface area contributed by atoms with E-state index in [2.05, 4.69) is 48.1 Å². The number of thiophene rings is 1. The Morgan fingerprint density at radius 1 is 1.29 bits per heavy atom. The van der Waals surface area contributed by atoms with Crippen molar-refractivity contribution in [3.8, 4) is 5.75 Å². The SMILES string of the molecule is Cc1sc(CNCC(C)C)cc1COc1cccc(Br)c1. The maximum atomic E-state index is 5.87. The smallest absolute Gasteiger partial charge is 0.120 e. The van der Waals surface area contributed by atoms with Gasteiger partial charge in [-0.15, -0.1) is 11.3 Å². The van der Waals surface area contributed by atoms with Crippen LogP contribution >= 0.6 is 27.3 Å². The van der Waals surface area contributed by atoms with Gasteiger partial charge in [0.05, 0.1) is 0 Å². The highest BCUT2D eigenvalue weighted by Crippen LogP contribution is 2.24. The van der Waals surface area contributed by atoms with Gasteiger partial charge in [0.2, 0.25) is 0 Å². The minimum Gasteiger partial charge on any atom is -0.489 e. The average Bonchev–Trinajstić information content (AvgIpc) is 2.76. The molecule has 114 valence electrons. The molecule has 0 aliphatic carbocycles. The molecule has 2 rings (SSSR count). The van der Waals surface area contributed by atoms with Crippen LogP contribution in [0, 0.1) is 12.8 Å². The van der Waals surface area contributed by atoms with Crippen LogP contribution < -0.4 is 10.1 Å². The highest BCUT2D eigenvalue weighted by molar-refractivity contribution is 9.10. The predicted octanol–water partition coefficient (Wildman–Crippen LogP) is 5.14. The van der Waals surface area contributed by atoms with Gasteiger partial charge >= 0.3 is 0 Å². The number of rotatable bonds is 7. The van der Waals surface area contributed by atoms with Crippen molar-refractivity contribution in [2.24, 2.45) is 5.92 Å². The number of benzene rings is 1. The lowest BCUT2D eigenvalue weighted by Gasteiger charge is -2.06. The summed E-state index contributed by atoms with van der Waals surface area (Å²) >= 11 is 5.31. The van der Waals surface area contributed by atoms with Crippen LogP contribution in [0.3, 0.4) is 0 Å². The van der Waals surface area contributed by atoms with E-state index in [1.807, 2.05) is 35.6 Å². The fourth-order valence-electron chi connectivity index (χ4n) is 2.02. The lowest BCUT2D eigenvalue weighted by molar-refractivity contribution is 0.306. The first kappa shape index (κ1) is 16.5. The molecule has 0 radical (unpaired) electrons. The molecule has 0 amide bonds. The highest BCUT2D eigenvalue weighted by Gasteiger charge is 2.07. The summed E-state index contributed by atoms with van der Waals surface area (Å²) in [5.74, 6) is 1.58. The van der Waals surface area contributed by atoms with Gasteiger partial charge in [-0.05, 0) is 43.7 Å². The Balaban J connectivity index is 1.90. The summed E-state index contributed by atoms with van der Waals surface area (Å²) in [7, 11) is 0. The normalized spacial score (nSPS) is 11.1. The number of ether oxygens (including phenoxy) is 1. The zero-order valence-corrected chi connectivity index (χ0v) is 15.2. The Bertz CT molecular complexity index is 580. The molecule has 0 saturated heterocycles. The summed E-state index contributed by atoms with van der Waals surface area (Å²) in [5.41, 5.74) is 1.28. The summed E-state index contributed by atoms with van der Waals surface area (Å²) in [4.78, 5) is 2.72. The third-order valence-corrected chi connectivity index (χ3v) is 4.70. The maximum absolute atomic E-state index is 5.87. The number of aryl methyl sites for hydroxylation is 1. The number of hydrogen-bond acceptors (Lipinski definition) is 3. The zero-order chi connectivity index (χ0) is 15.2. The molecule has 0 spiro atoms. The van der Waals surface area contributed by atoms with Gasteiger partial charge in [0.1, 0.15) is 12.4 Å². The summed E-state index contributed by atoms with van der Waals surface area (Å²) in [6, 6.07) is 10.2. The van der Waals surface area contributed by atoms with Gasteiger partial charge in [0.25, 0.3) is 0 Å². The quantitative estimate of drug-likeness (QED) is 0.730. The van der Waals surface area contributed by atoms with Crippen LogP contribution in [0.25, 0.3) is 0 Å². The van der Waals surface area contributed by atoms with Crippen LogP contribution in [0.15, 0.2) is 34.8 Å². The molecule has 1 aromatic carbocycles. The monoisotopic (exact) mass is 367 g/mol. The Kier molecular flexibility index (Phi) is 6.27. The lowest BCUT2D eigenvalue weighted by atomic mass is 10.2. The van der Waals surface area contributed by atoms with Gasteiger partial charge in [0, 0.05) is 26.3 Å². The van der Waals surface area contributed by atoms with Crippen molar-refractivity contribution < 1.29 is 4.74 Å². The van der Waals surface area contributed by atoms with Gasteiger partial charge < -0.3 is 10.1 Å². The number of hydrogen-bond donors (Lipinski definition) is 1. The summed E-state index contributed by atoms with van der Waals surface area (Å²) in [5, 5.41) is 3.49. The first-order valence-corrected chi connectivity index (χ1v) is 8.83. The minimum absolute atomic E-state index is 0.628. The van der Waals surface area contributed by atoms with Gasteiger partial charge in [-0.3, -0.25) is 0 Å². The van der Waals surface area contributed by atoms with Crippen molar-refractivity contribution >= 4 is 27.3 Å². The molecule has 1 heterocycles. The van der Waals surface area contributed by atoms with Crippen molar-refractivity contribution in [2.45, 2.75) is 33.9 Å². The van der Waals surface area contributed by atoms with Crippen LogP contribution in [0.5, 0.6) is 5.75 Å². The fourth-order valence-corrected chi connectivity index (χ4v) is 3.42. The van der Waals surface area contributed by atoms with Gasteiger partial charge in [-0.1, -0.05) is 35.8 Å². The molecule has 0 aliphatic rings. The number of halogens is 1. The Labute approximate surface area is 139 Å². The molecule has 1 aromatic heterocycles. The Hall–Kier alpha value is -0.840. The van der Waals surface area contributed by atoms with E-state index >= 15 is 0 Å². The van der Waals surface area contributed by atoms with Gasteiger partial charge in [-0.2, -0.15) is 0 Å². The second-order valence-electron chi connectivity index (χ2n) is 5.56. The van der Waals surface area contributed by atoms with Crippen LogP contribution in [-0.4, -0.2) is 6.54 Å². The van der Waals surface area contributed by atoms with E-state index in [0.29, 0.717) is 12.5 Å². The largest absolute Gasteiger partial charge is 0.489 e. The van der Waals surface area contributed by atoms with Crippen molar-refractivity contribution in [2.75, 3.05) is 6.54 Å². The molecular formula is C17H22BrNOS. The molecule has 2 nitrogen and oxygen atoms in total. The maximum Gasteiger partial charge on any atom is 0.120 e. The van der Waals surface area contributed by atoms with E-state index in [9.17, 15) is 0 Å². The van der Waals surface area contributed by atoms with Crippen molar-refractivity contribution in [1.29, 1.82) is 0 Å². The standard InChI is InChI=1S/C17H22BrNOS/c1-12(2)9-19-10-17-7-14(13(3)21-17)11-20-16-6-4-5-15(18)8-16/h4-8,12,19H,9-11H2,1-3H3. The van der Waals surface area contributed by atoms with Crippen molar-refractivity contribution in [3.63, 3.8) is 0 Å². The first-order chi connectivity index (χ1) is 10.0. The van der Waals surface area contributed by atoms with Crippen molar-refractivity contribution in [1.82, 2.24) is 5.32 Å². The average molecular weight is 368 g/mol. The molecule has 0 saturated carbocycles. The van der Waals surface area contributed by atoms with E-state index in [4.69, 9.17) is 4.74 Å². The van der Waals surface area contributed by atoms with E-state index in [-0.39, 0.29) is 0 Å². The lowest BCUT2D eigenvalue weighted by Crippen LogP contribution is -2.18. The molecule has 0 atom stereocenters. The van der Waals surface area contributed by atoms with E-state index in [0.717, 1.165) is 23.3 Å². The predicted molar refractivity (Wildman–Crippen MR) is 94.1 cm³/mol. The topological polar surface area (TPSA) is 21.3 Å². The zero-order valence-electron chi connectivity index (χ0n) is 12.8. The van der Waals surface area contributed by atoms with E-state index in [1.165, 1.54) is 15.3 Å². The van der Waals surface area contributed by atoms with Crippen LogP contribution in [0.2, 0.25) is 0 Å². The molecule has 0 unspecified atom stereocenters. The van der Waals surface area contributed by atoms with Crippen LogP contribution in [-0.2, 0) is 13.2 Å². The van der Waals surface area contributed by atoms with Gasteiger partial charge in [0.15, 0.2) is 0 Å². The Morgan fingerprint density at radius 2 is 2.10 bits per heavy atom. The molecule has 0 bridgehead atoms. The van der Waals surface area contributed by atoms with Gasteiger partial charge in [-0.25, -0.2) is 0 Å². The third kappa shape index (κ3) is 5.46. The van der Waals surface area contributed by atoms with Crippen molar-refractivity contribution in [3.05, 3.63) is 50.1 Å². The Morgan fingerprint density at radius 3 is 2.81 bits per heavy atom. The summed E-state index contributed by atoms with van der Waals surface area (Å²) < 4.78 is 6.91. The molecule has 21 heavy (non-hydrogen) atoms. The van der Waals surface area contributed by atoms with E-state index < -0.39 is 0 Å². The van der Waals surface area contributed by atoms with E-state index in [1.54, 1.807) is 0 Å². The molecule has 0 fully saturated rings. The molecule has 2 aromatic rings. The molecule has 4 heteroatoms. The first-order valence-electron chi connectivity index (χ1n) is 7.22. The second-order valence-corrected chi connectivity index (χ2v) is 7.82. The second kappa shape index (κ2) is 7.97. The number of nitrogens with one attached hydrogen (secondary N) is 1. The third-order valence-electron chi connectivity index (χ3n) is 3.11. The molecule has 0 aliphatic heterocycles. The fraction of sp³-hybridized carbons (Fsp3) is 0.412. The van der Waals surface area contributed by atoms with Crippen LogP contribution in [0.4, 0.5) is 0 Å². The molecular weight excluding hydrogens is 346 g/mol. The van der Waals surface area contributed by atoms with Crippen LogP contribution in [0.1, 0.15) is 29.2 Å².